The summed E-state index contributed by atoms with van der Waals surface area (Å²) in [7, 11) is 0. The Kier molecular flexibility index (Phi) is 4.88. The first-order valence-corrected chi connectivity index (χ1v) is 6.93. The number of carboxylic acids is 1. The van der Waals surface area contributed by atoms with Crippen molar-refractivity contribution in [1.29, 1.82) is 0 Å². The van der Waals surface area contributed by atoms with E-state index in [1.54, 1.807) is 28.8 Å². The highest BCUT2D eigenvalue weighted by molar-refractivity contribution is 5.85. The van der Waals surface area contributed by atoms with E-state index in [4.69, 9.17) is 5.11 Å². The van der Waals surface area contributed by atoms with Crippen LogP contribution in [-0.2, 0) is 11.3 Å². The number of hydrogen-bond acceptors (Lipinski definition) is 2. The van der Waals surface area contributed by atoms with Crippen molar-refractivity contribution in [3.05, 3.63) is 64.2 Å². The zero-order valence-electron chi connectivity index (χ0n) is 12.1. The van der Waals surface area contributed by atoms with E-state index in [0.29, 0.717) is 17.8 Å². The van der Waals surface area contributed by atoms with Crippen molar-refractivity contribution in [2.75, 3.05) is 0 Å². The zero-order chi connectivity index (χ0) is 16.1. The summed E-state index contributed by atoms with van der Waals surface area (Å²) in [4.78, 5) is 23.1. The van der Waals surface area contributed by atoms with Crippen molar-refractivity contribution < 1.29 is 14.3 Å². The maximum Gasteiger partial charge on any atom is 0.328 e. The molecule has 1 heterocycles. The fraction of sp³-hybridized carbons (Fsp3) is 0.176. The van der Waals surface area contributed by atoms with Crippen LogP contribution in [0.4, 0.5) is 4.39 Å². The molecule has 0 unspecified atom stereocenters. The summed E-state index contributed by atoms with van der Waals surface area (Å²) in [6, 6.07) is 9.23. The second kappa shape index (κ2) is 6.85. The van der Waals surface area contributed by atoms with Gasteiger partial charge >= 0.3 is 5.97 Å². The van der Waals surface area contributed by atoms with Crippen molar-refractivity contribution in [1.82, 2.24) is 4.57 Å². The first-order chi connectivity index (χ1) is 10.5. The third kappa shape index (κ3) is 3.49. The summed E-state index contributed by atoms with van der Waals surface area (Å²) >= 11 is 0. The smallest absolute Gasteiger partial charge is 0.328 e. The Morgan fingerprint density at radius 2 is 1.91 bits per heavy atom. The van der Waals surface area contributed by atoms with E-state index in [1.807, 2.05) is 6.92 Å². The predicted molar refractivity (Wildman–Crippen MR) is 83.1 cm³/mol. The van der Waals surface area contributed by atoms with Gasteiger partial charge in [0.25, 0.3) is 5.56 Å². The Morgan fingerprint density at radius 3 is 2.50 bits per heavy atom. The Hall–Kier alpha value is -2.69. The maximum absolute atomic E-state index is 13.0. The highest BCUT2D eigenvalue weighted by atomic mass is 19.1. The average molecular weight is 301 g/mol. The van der Waals surface area contributed by atoms with E-state index in [9.17, 15) is 14.0 Å². The fourth-order valence-corrected chi connectivity index (χ4v) is 2.20. The Labute approximate surface area is 127 Å². The van der Waals surface area contributed by atoms with Crippen LogP contribution < -0.4 is 5.56 Å². The van der Waals surface area contributed by atoms with Crippen LogP contribution in [0.2, 0.25) is 0 Å². The van der Waals surface area contributed by atoms with Crippen molar-refractivity contribution in [2.45, 2.75) is 19.9 Å². The Morgan fingerprint density at radius 1 is 1.23 bits per heavy atom. The molecule has 1 aromatic heterocycles. The summed E-state index contributed by atoms with van der Waals surface area (Å²) < 4.78 is 14.6. The molecular formula is C17H16FNO3. The molecular weight excluding hydrogens is 285 g/mol. The van der Waals surface area contributed by atoms with Crippen molar-refractivity contribution in [3.8, 4) is 11.3 Å². The van der Waals surface area contributed by atoms with Crippen LogP contribution in [0.25, 0.3) is 17.3 Å². The molecule has 114 valence electrons. The first-order valence-electron chi connectivity index (χ1n) is 6.93. The molecule has 0 fully saturated rings. The molecule has 0 spiro atoms. The molecule has 0 aliphatic heterocycles. The van der Waals surface area contributed by atoms with Gasteiger partial charge in [-0.25, -0.2) is 9.18 Å². The summed E-state index contributed by atoms with van der Waals surface area (Å²) in [6.45, 7) is 2.45. The molecule has 2 aromatic rings. The van der Waals surface area contributed by atoms with Crippen LogP contribution in [0.15, 0.2) is 47.3 Å². The molecule has 0 radical (unpaired) electrons. The van der Waals surface area contributed by atoms with E-state index < -0.39 is 5.97 Å². The van der Waals surface area contributed by atoms with Crippen LogP contribution in [-0.4, -0.2) is 15.6 Å². The number of benzene rings is 1. The summed E-state index contributed by atoms with van der Waals surface area (Å²) in [5.74, 6) is -1.45. The van der Waals surface area contributed by atoms with Gasteiger partial charge in [0.05, 0.1) is 5.69 Å². The molecule has 1 N–H and O–H groups in total. The minimum Gasteiger partial charge on any atom is -0.478 e. The van der Waals surface area contributed by atoms with E-state index in [0.717, 1.165) is 18.1 Å². The predicted octanol–water partition coefficient (Wildman–Crippen LogP) is 3.16. The minimum absolute atomic E-state index is 0.263. The Balaban J connectivity index is 2.56. The third-order valence-corrected chi connectivity index (χ3v) is 3.20. The Bertz CT molecular complexity index is 760. The van der Waals surface area contributed by atoms with Gasteiger partial charge in [-0.3, -0.25) is 4.79 Å². The number of aromatic nitrogens is 1. The van der Waals surface area contributed by atoms with Crippen molar-refractivity contribution in [3.63, 3.8) is 0 Å². The van der Waals surface area contributed by atoms with Crippen molar-refractivity contribution in [2.24, 2.45) is 0 Å². The zero-order valence-corrected chi connectivity index (χ0v) is 12.1. The fourth-order valence-electron chi connectivity index (χ4n) is 2.20. The SMILES string of the molecule is CCCn1c(-c2ccc(F)cc2)ccc(/C=C/C(=O)O)c1=O. The molecule has 0 aliphatic carbocycles. The van der Waals surface area contributed by atoms with Gasteiger partial charge in [-0.2, -0.15) is 0 Å². The third-order valence-electron chi connectivity index (χ3n) is 3.20. The molecule has 4 nitrogen and oxygen atoms in total. The molecule has 0 amide bonds. The summed E-state index contributed by atoms with van der Waals surface area (Å²) in [6.07, 6.45) is 2.97. The molecule has 2 rings (SSSR count). The first kappa shape index (κ1) is 15.7. The van der Waals surface area contributed by atoms with Gasteiger partial charge in [0.2, 0.25) is 0 Å². The normalized spacial score (nSPS) is 11.0. The summed E-state index contributed by atoms with van der Waals surface area (Å²) in [5.41, 5.74) is 1.46. The largest absolute Gasteiger partial charge is 0.478 e. The lowest BCUT2D eigenvalue weighted by Crippen LogP contribution is -2.23. The second-order valence-electron chi connectivity index (χ2n) is 4.81. The molecule has 0 bridgehead atoms. The lowest BCUT2D eigenvalue weighted by atomic mass is 10.1. The molecule has 0 aliphatic rings. The standard InChI is InChI=1S/C17H16FNO3/c1-2-11-19-15(12-3-7-14(18)8-4-12)9-5-13(17(19)22)6-10-16(20)21/h3-10H,2,11H2,1H3,(H,20,21)/b10-6+. The van der Waals surface area contributed by atoms with Crippen molar-refractivity contribution >= 4 is 12.0 Å². The van der Waals surface area contributed by atoms with Crippen LogP contribution >= 0.6 is 0 Å². The quantitative estimate of drug-likeness (QED) is 0.863. The van der Waals surface area contributed by atoms with Gasteiger partial charge < -0.3 is 9.67 Å². The van der Waals surface area contributed by atoms with Gasteiger partial charge in [0, 0.05) is 18.2 Å². The second-order valence-corrected chi connectivity index (χ2v) is 4.81. The molecule has 5 heteroatoms. The van der Waals surface area contributed by atoms with E-state index in [-0.39, 0.29) is 11.4 Å². The molecule has 0 saturated heterocycles. The average Bonchev–Trinajstić information content (AvgIpc) is 2.49. The van der Waals surface area contributed by atoms with Crippen LogP contribution in [0.1, 0.15) is 18.9 Å². The van der Waals surface area contributed by atoms with Crippen LogP contribution in [0.5, 0.6) is 0 Å². The minimum atomic E-state index is -1.11. The van der Waals surface area contributed by atoms with Gasteiger partial charge in [0.15, 0.2) is 0 Å². The number of hydrogen-bond donors (Lipinski definition) is 1. The highest BCUT2D eigenvalue weighted by Crippen LogP contribution is 2.19. The van der Waals surface area contributed by atoms with E-state index in [2.05, 4.69) is 0 Å². The van der Waals surface area contributed by atoms with Gasteiger partial charge in [-0.15, -0.1) is 0 Å². The number of nitrogens with zero attached hydrogens (tertiary/aromatic N) is 1. The molecule has 22 heavy (non-hydrogen) atoms. The molecule has 0 saturated carbocycles. The van der Waals surface area contributed by atoms with E-state index in [1.165, 1.54) is 18.2 Å². The topological polar surface area (TPSA) is 59.3 Å². The maximum atomic E-state index is 13.0. The number of carboxylic acid groups (broad SMARTS) is 1. The molecule has 0 atom stereocenters. The van der Waals surface area contributed by atoms with Gasteiger partial charge in [-0.05, 0) is 54.5 Å². The lowest BCUT2D eigenvalue weighted by Gasteiger charge is -2.13. The van der Waals surface area contributed by atoms with E-state index >= 15 is 0 Å². The van der Waals surface area contributed by atoms with Crippen LogP contribution in [0.3, 0.4) is 0 Å². The van der Waals surface area contributed by atoms with Gasteiger partial charge in [0.1, 0.15) is 5.82 Å². The number of rotatable bonds is 5. The highest BCUT2D eigenvalue weighted by Gasteiger charge is 2.09. The summed E-state index contributed by atoms with van der Waals surface area (Å²) in [5, 5.41) is 8.67. The number of pyridine rings is 1. The number of aliphatic carboxylic acids is 1. The van der Waals surface area contributed by atoms with Crippen LogP contribution in [0, 0.1) is 5.82 Å². The lowest BCUT2D eigenvalue weighted by molar-refractivity contribution is -0.131. The number of carbonyl (C=O) groups is 1. The van der Waals surface area contributed by atoms with Gasteiger partial charge in [-0.1, -0.05) is 6.92 Å². The monoisotopic (exact) mass is 301 g/mol. The molecule has 1 aromatic carbocycles. The number of halogens is 1.